The van der Waals surface area contributed by atoms with Gasteiger partial charge in [0.2, 0.25) is 11.8 Å². The molecule has 0 aromatic rings. The Morgan fingerprint density at radius 3 is 2.78 bits per heavy atom. The van der Waals surface area contributed by atoms with Crippen LogP contribution in [0, 0.1) is 5.92 Å². The molecule has 1 aliphatic rings. The summed E-state index contributed by atoms with van der Waals surface area (Å²) in [5, 5.41) is 0. The van der Waals surface area contributed by atoms with Crippen LogP contribution in [0.2, 0.25) is 0 Å². The summed E-state index contributed by atoms with van der Waals surface area (Å²) >= 11 is 1.56. The van der Waals surface area contributed by atoms with Gasteiger partial charge in [-0.25, -0.2) is 0 Å². The van der Waals surface area contributed by atoms with Crippen LogP contribution in [-0.2, 0) is 14.3 Å². The molecule has 0 unspecified atom stereocenters. The first-order chi connectivity index (χ1) is 8.54. The highest BCUT2D eigenvalue weighted by Gasteiger charge is 2.25. The van der Waals surface area contributed by atoms with Crippen LogP contribution in [0.1, 0.15) is 13.8 Å². The van der Waals surface area contributed by atoms with Gasteiger partial charge in [-0.1, -0.05) is 13.8 Å². The van der Waals surface area contributed by atoms with Crippen LogP contribution < -0.4 is 0 Å². The van der Waals surface area contributed by atoms with Crippen molar-refractivity contribution in [1.29, 1.82) is 0 Å². The number of amides is 2. The van der Waals surface area contributed by atoms with Crippen molar-refractivity contribution < 1.29 is 14.3 Å². The first-order valence-electron chi connectivity index (χ1n) is 6.16. The van der Waals surface area contributed by atoms with Crippen molar-refractivity contribution >= 4 is 23.6 Å². The van der Waals surface area contributed by atoms with Crippen molar-refractivity contribution in [2.75, 3.05) is 45.0 Å². The van der Waals surface area contributed by atoms with Crippen LogP contribution in [0.25, 0.3) is 0 Å². The second kappa shape index (κ2) is 7.63. The van der Waals surface area contributed by atoms with Crippen molar-refractivity contribution in [1.82, 2.24) is 9.80 Å². The highest BCUT2D eigenvalue weighted by atomic mass is 32.2. The van der Waals surface area contributed by atoms with Gasteiger partial charge in [0.05, 0.1) is 18.2 Å². The molecule has 0 aromatic heterocycles. The second-order valence-electron chi connectivity index (χ2n) is 4.80. The van der Waals surface area contributed by atoms with Crippen molar-refractivity contribution in [2.45, 2.75) is 13.8 Å². The zero-order valence-corrected chi connectivity index (χ0v) is 12.2. The number of carbonyl (C=O) groups is 2. The zero-order chi connectivity index (χ0) is 13.5. The summed E-state index contributed by atoms with van der Waals surface area (Å²) in [4.78, 5) is 27.0. The van der Waals surface area contributed by atoms with E-state index in [1.165, 1.54) is 0 Å². The maximum absolute atomic E-state index is 12.2. The number of rotatable bonds is 7. The molecule has 18 heavy (non-hydrogen) atoms. The number of thioether (sulfide) groups is 1. The van der Waals surface area contributed by atoms with Gasteiger partial charge in [0, 0.05) is 20.2 Å². The summed E-state index contributed by atoms with van der Waals surface area (Å²) in [6.07, 6.45) is 0. The fourth-order valence-corrected chi connectivity index (χ4v) is 2.67. The van der Waals surface area contributed by atoms with Gasteiger partial charge in [-0.05, 0) is 5.92 Å². The summed E-state index contributed by atoms with van der Waals surface area (Å²) in [6, 6.07) is 0. The van der Waals surface area contributed by atoms with E-state index in [0.29, 0.717) is 37.2 Å². The molecule has 2 amide bonds. The molecule has 104 valence electrons. The van der Waals surface area contributed by atoms with Crippen LogP contribution in [0.4, 0.5) is 0 Å². The highest BCUT2D eigenvalue weighted by Crippen LogP contribution is 2.14. The van der Waals surface area contributed by atoms with Crippen molar-refractivity contribution in [3.63, 3.8) is 0 Å². The van der Waals surface area contributed by atoms with Crippen molar-refractivity contribution in [3.8, 4) is 0 Å². The maximum Gasteiger partial charge on any atom is 0.242 e. The summed E-state index contributed by atoms with van der Waals surface area (Å²) in [7, 11) is 1.62. The van der Waals surface area contributed by atoms with E-state index in [4.69, 9.17) is 4.74 Å². The lowest BCUT2D eigenvalue weighted by atomic mass is 10.2. The standard InChI is InChI=1S/C12H22N2O3S/c1-10(2)6-13(4-5-17-3)11(15)7-14-9-18-8-12(14)16/h10H,4-9H2,1-3H3. The van der Waals surface area contributed by atoms with Gasteiger partial charge < -0.3 is 14.5 Å². The normalized spacial score (nSPS) is 15.6. The predicted octanol–water partition coefficient (Wildman–Crippen LogP) is 0.650. The Labute approximate surface area is 113 Å². The topological polar surface area (TPSA) is 49.9 Å². The van der Waals surface area contributed by atoms with E-state index in [0.717, 1.165) is 0 Å². The number of carbonyl (C=O) groups excluding carboxylic acids is 2. The first kappa shape index (κ1) is 15.3. The van der Waals surface area contributed by atoms with Crippen molar-refractivity contribution in [2.24, 2.45) is 5.92 Å². The lowest BCUT2D eigenvalue weighted by Crippen LogP contribution is -2.43. The fourth-order valence-electron chi connectivity index (χ4n) is 1.76. The molecule has 6 heteroatoms. The van der Waals surface area contributed by atoms with Crippen LogP contribution in [0.15, 0.2) is 0 Å². The number of ether oxygens (including phenoxy) is 1. The number of methoxy groups -OCH3 is 1. The Kier molecular flexibility index (Phi) is 6.49. The first-order valence-corrected chi connectivity index (χ1v) is 7.32. The number of hydrogen-bond acceptors (Lipinski definition) is 4. The molecule has 5 nitrogen and oxygen atoms in total. The van der Waals surface area contributed by atoms with Gasteiger partial charge in [0.25, 0.3) is 0 Å². The molecule has 0 N–H and O–H groups in total. The van der Waals surface area contributed by atoms with Gasteiger partial charge in [0.1, 0.15) is 6.54 Å². The van der Waals surface area contributed by atoms with Gasteiger partial charge >= 0.3 is 0 Å². The molecule has 0 saturated carbocycles. The highest BCUT2D eigenvalue weighted by molar-refractivity contribution is 8.00. The summed E-state index contributed by atoms with van der Waals surface area (Å²) in [6.45, 7) is 6.16. The van der Waals surface area contributed by atoms with Crippen LogP contribution in [0.3, 0.4) is 0 Å². The largest absolute Gasteiger partial charge is 0.383 e. The molecule has 1 rings (SSSR count). The smallest absolute Gasteiger partial charge is 0.242 e. The molecule has 0 bridgehead atoms. The molecule has 1 aliphatic heterocycles. The lowest BCUT2D eigenvalue weighted by Gasteiger charge is -2.26. The summed E-state index contributed by atoms with van der Waals surface area (Å²) in [5.74, 6) is 1.61. The maximum atomic E-state index is 12.2. The third kappa shape index (κ3) is 4.86. The molecular formula is C12H22N2O3S. The Morgan fingerprint density at radius 2 is 2.28 bits per heavy atom. The molecule has 0 radical (unpaired) electrons. The van der Waals surface area contributed by atoms with Crippen LogP contribution >= 0.6 is 11.8 Å². The van der Waals surface area contributed by atoms with E-state index in [1.54, 1.807) is 28.7 Å². The summed E-state index contributed by atoms with van der Waals surface area (Å²) < 4.78 is 5.02. The Morgan fingerprint density at radius 1 is 1.56 bits per heavy atom. The average molecular weight is 274 g/mol. The third-order valence-electron chi connectivity index (χ3n) is 2.66. The minimum Gasteiger partial charge on any atom is -0.383 e. The average Bonchev–Trinajstić information content (AvgIpc) is 2.70. The summed E-state index contributed by atoms with van der Waals surface area (Å²) in [5.41, 5.74) is 0. The predicted molar refractivity (Wildman–Crippen MR) is 72.3 cm³/mol. The Balaban J connectivity index is 2.49. The van der Waals surface area contributed by atoms with E-state index < -0.39 is 0 Å². The fraction of sp³-hybridized carbons (Fsp3) is 0.833. The van der Waals surface area contributed by atoms with E-state index in [-0.39, 0.29) is 18.4 Å². The van der Waals surface area contributed by atoms with Crippen molar-refractivity contribution in [3.05, 3.63) is 0 Å². The minimum absolute atomic E-state index is 0.0107. The molecule has 0 atom stereocenters. The number of nitrogens with zero attached hydrogens (tertiary/aromatic N) is 2. The van der Waals surface area contributed by atoms with E-state index in [1.807, 2.05) is 0 Å². The van der Waals surface area contributed by atoms with Gasteiger partial charge in [-0.2, -0.15) is 0 Å². The zero-order valence-electron chi connectivity index (χ0n) is 11.3. The van der Waals surface area contributed by atoms with Gasteiger partial charge in [0.15, 0.2) is 0 Å². The third-order valence-corrected chi connectivity index (χ3v) is 3.60. The molecular weight excluding hydrogens is 252 g/mol. The molecule has 0 spiro atoms. The van der Waals surface area contributed by atoms with E-state index in [2.05, 4.69) is 13.8 Å². The lowest BCUT2D eigenvalue weighted by molar-refractivity contribution is -0.138. The Hall–Kier alpha value is -0.750. The Bertz CT molecular complexity index is 297. The molecule has 0 aliphatic carbocycles. The van der Waals surface area contributed by atoms with E-state index >= 15 is 0 Å². The SMILES string of the molecule is COCCN(CC(C)C)C(=O)CN1CSCC1=O. The molecule has 1 fully saturated rings. The van der Waals surface area contributed by atoms with E-state index in [9.17, 15) is 9.59 Å². The monoisotopic (exact) mass is 274 g/mol. The molecule has 1 heterocycles. The van der Waals surface area contributed by atoms with Gasteiger partial charge in [-0.3, -0.25) is 9.59 Å². The molecule has 1 saturated heterocycles. The van der Waals surface area contributed by atoms with Crippen LogP contribution in [0.5, 0.6) is 0 Å². The van der Waals surface area contributed by atoms with Crippen LogP contribution in [-0.4, -0.2) is 66.6 Å². The number of hydrogen-bond donors (Lipinski definition) is 0. The second-order valence-corrected chi connectivity index (χ2v) is 5.75. The minimum atomic E-state index is 0.0107. The quantitative estimate of drug-likeness (QED) is 0.684. The molecule has 0 aromatic carbocycles. The van der Waals surface area contributed by atoms with Gasteiger partial charge in [-0.15, -0.1) is 11.8 Å².